The number of rotatable bonds is 4. The number of nitrogens with zero attached hydrogens (tertiary/aromatic N) is 4. The number of anilines is 2. The number of nitrogen functional groups attached to an aromatic ring is 1. The van der Waals surface area contributed by atoms with Gasteiger partial charge in [0.15, 0.2) is 0 Å². The van der Waals surface area contributed by atoms with E-state index >= 15 is 0 Å². The Bertz CT molecular complexity index is 1010. The Morgan fingerprint density at radius 3 is 2.68 bits per heavy atom. The third-order valence-electron chi connectivity index (χ3n) is 5.70. The van der Waals surface area contributed by atoms with Gasteiger partial charge in [0.05, 0.1) is 11.5 Å². The molecule has 2 aliphatic heterocycles. The van der Waals surface area contributed by atoms with E-state index in [0.29, 0.717) is 5.95 Å². The highest BCUT2D eigenvalue weighted by molar-refractivity contribution is 7.99. The van der Waals surface area contributed by atoms with Gasteiger partial charge in [0.1, 0.15) is 10.7 Å². The van der Waals surface area contributed by atoms with Crippen molar-refractivity contribution in [1.82, 2.24) is 14.5 Å². The molecule has 2 aromatic rings. The van der Waals surface area contributed by atoms with Crippen LogP contribution < -0.4 is 20.9 Å². The van der Waals surface area contributed by atoms with Crippen molar-refractivity contribution >= 4 is 23.5 Å². The van der Waals surface area contributed by atoms with Gasteiger partial charge >= 0.3 is 6.36 Å². The fourth-order valence-electron chi connectivity index (χ4n) is 3.94. The van der Waals surface area contributed by atoms with Crippen molar-refractivity contribution in [3.8, 4) is 5.88 Å². The summed E-state index contributed by atoms with van der Waals surface area (Å²) in [5.41, 5.74) is 5.82. The van der Waals surface area contributed by atoms with E-state index in [0.717, 1.165) is 57.3 Å². The topological polar surface area (TPSA) is 95.5 Å². The normalized spacial score (nSPS) is 18.5. The number of alkyl halides is 3. The van der Waals surface area contributed by atoms with Crippen molar-refractivity contribution in [2.24, 2.45) is 12.5 Å². The second kappa shape index (κ2) is 8.23. The smallest absolute Gasteiger partial charge is 0.387 e. The number of hydrogen-bond acceptors (Lipinski definition) is 8. The summed E-state index contributed by atoms with van der Waals surface area (Å²) in [6, 6.07) is 2.82. The second-order valence-corrected chi connectivity index (χ2v) is 8.79. The lowest BCUT2D eigenvalue weighted by atomic mass is 9.78. The van der Waals surface area contributed by atoms with E-state index in [-0.39, 0.29) is 21.0 Å². The van der Waals surface area contributed by atoms with Gasteiger partial charge in [-0.15, -0.1) is 13.2 Å². The third-order valence-corrected chi connectivity index (χ3v) is 6.82. The number of piperidine rings is 1. The van der Waals surface area contributed by atoms with Crippen LogP contribution in [0.4, 0.5) is 24.9 Å². The summed E-state index contributed by atoms with van der Waals surface area (Å²) < 4.78 is 48.9. The Hall–Kier alpha value is -2.47. The highest BCUT2D eigenvalue weighted by Crippen LogP contribution is 2.40. The number of halogens is 3. The molecule has 0 bridgehead atoms. The van der Waals surface area contributed by atoms with Gasteiger partial charge in [-0.1, -0.05) is 11.8 Å². The summed E-state index contributed by atoms with van der Waals surface area (Å²) in [6.07, 6.45) is -0.816. The van der Waals surface area contributed by atoms with E-state index in [9.17, 15) is 18.0 Å². The summed E-state index contributed by atoms with van der Waals surface area (Å²) >= 11 is 0.750. The van der Waals surface area contributed by atoms with Crippen LogP contribution >= 0.6 is 11.8 Å². The van der Waals surface area contributed by atoms with E-state index in [1.807, 2.05) is 4.90 Å². The van der Waals surface area contributed by atoms with Gasteiger partial charge in [0.2, 0.25) is 11.8 Å². The number of hydrogen-bond donors (Lipinski definition) is 1. The van der Waals surface area contributed by atoms with Crippen molar-refractivity contribution in [2.45, 2.75) is 35.4 Å². The molecule has 31 heavy (non-hydrogen) atoms. The Kier molecular flexibility index (Phi) is 5.77. The second-order valence-electron chi connectivity index (χ2n) is 7.74. The number of pyridine rings is 1. The first-order valence-electron chi connectivity index (χ1n) is 9.75. The van der Waals surface area contributed by atoms with Crippen molar-refractivity contribution in [1.29, 1.82) is 0 Å². The van der Waals surface area contributed by atoms with Crippen LogP contribution in [0.25, 0.3) is 0 Å². The van der Waals surface area contributed by atoms with Crippen LogP contribution in [0.2, 0.25) is 0 Å². The van der Waals surface area contributed by atoms with Gasteiger partial charge in [-0.25, -0.2) is 4.98 Å². The first-order chi connectivity index (χ1) is 14.7. The molecule has 0 aromatic carbocycles. The predicted molar refractivity (Wildman–Crippen MR) is 108 cm³/mol. The van der Waals surface area contributed by atoms with Crippen LogP contribution in [-0.2, 0) is 11.8 Å². The van der Waals surface area contributed by atoms with Crippen LogP contribution in [0.3, 0.4) is 0 Å². The molecule has 0 saturated carbocycles. The molecule has 8 nitrogen and oxygen atoms in total. The Labute approximate surface area is 180 Å². The Balaban J connectivity index is 1.58. The zero-order valence-corrected chi connectivity index (χ0v) is 17.6. The maximum Gasteiger partial charge on any atom is 0.574 e. The van der Waals surface area contributed by atoms with E-state index in [1.54, 1.807) is 7.05 Å². The fourth-order valence-corrected chi connectivity index (χ4v) is 4.86. The standard InChI is InChI=1S/C19H22F3N5O3S/c1-26-16(28)13(31-12-3-2-7-24-15(12)30-19(20,21)22)14(23)25-17(26)27-8-4-18(5-9-27)6-10-29-11-18/h2-3,7H,4-6,8-11,23H2,1H3. The van der Waals surface area contributed by atoms with Crippen molar-refractivity contribution in [2.75, 3.05) is 36.9 Å². The summed E-state index contributed by atoms with van der Waals surface area (Å²) in [5, 5.41) is 0. The number of nitrogens with two attached hydrogens (primary N) is 1. The highest BCUT2D eigenvalue weighted by Gasteiger charge is 2.39. The van der Waals surface area contributed by atoms with Gasteiger partial charge in [-0.05, 0) is 36.8 Å². The average molecular weight is 457 g/mol. The van der Waals surface area contributed by atoms with Gasteiger partial charge in [0.25, 0.3) is 5.56 Å². The molecule has 2 saturated heterocycles. The van der Waals surface area contributed by atoms with Crippen LogP contribution in [0, 0.1) is 5.41 Å². The Morgan fingerprint density at radius 1 is 1.29 bits per heavy atom. The van der Waals surface area contributed by atoms with E-state index in [1.165, 1.54) is 22.9 Å². The lowest BCUT2D eigenvalue weighted by molar-refractivity contribution is -0.277. The summed E-state index contributed by atoms with van der Waals surface area (Å²) in [6.45, 7) is 2.99. The zero-order chi connectivity index (χ0) is 22.2. The van der Waals surface area contributed by atoms with Crippen LogP contribution in [-0.4, -0.2) is 47.2 Å². The molecule has 2 N–H and O–H groups in total. The molecule has 2 aromatic heterocycles. The quantitative estimate of drug-likeness (QED) is 0.749. The molecule has 168 valence electrons. The largest absolute Gasteiger partial charge is 0.574 e. The maximum absolute atomic E-state index is 13.0. The van der Waals surface area contributed by atoms with Gasteiger partial charge < -0.3 is 20.1 Å². The molecule has 0 unspecified atom stereocenters. The summed E-state index contributed by atoms with van der Waals surface area (Å²) in [4.78, 5) is 23.1. The first-order valence-corrected chi connectivity index (χ1v) is 10.6. The van der Waals surface area contributed by atoms with Gasteiger partial charge in [0, 0.05) is 32.9 Å². The number of aromatic nitrogens is 3. The van der Waals surface area contributed by atoms with Crippen LogP contribution in [0.1, 0.15) is 19.3 Å². The Morgan fingerprint density at radius 2 is 2.03 bits per heavy atom. The molecule has 0 aliphatic carbocycles. The minimum atomic E-state index is -4.90. The highest BCUT2D eigenvalue weighted by atomic mass is 32.2. The molecule has 12 heteroatoms. The SMILES string of the molecule is Cn1c(N2CCC3(CCOC3)CC2)nc(N)c(Sc2cccnc2OC(F)(F)F)c1=O. The van der Waals surface area contributed by atoms with Crippen molar-refractivity contribution < 1.29 is 22.6 Å². The first kappa shape index (κ1) is 21.8. The minimum absolute atomic E-state index is 0.0133. The van der Waals surface area contributed by atoms with Crippen LogP contribution in [0.5, 0.6) is 5.88 Å². The lowest BCUT2D eigenvalue weighted by Crippen LogP contribution is -2.43. The predicted octanol–water partition coefficient (Wildman–Crippen LogP) is 2.81. The molecule has 1 spiro atoms. The maximum atomic E-state index is 13.0. The molecule has 0 amide bonds. The van der Waals surface area contributed by atoms with Gasteiger partial charge in [-0.2, -0.15) is 4.98 Å². The van der Waals surface area contributed by atoms with E-state index < -0.39 is 17.8 Å². The van der Waals surface area contributed by atoms with E-state index in [2.05, 4.69) is 14.7 Å². The van der Waals surface area contributed by atoms with Crippen molar-refractivity contribution in [3.05, 3.63) is 28.7 Å². The molecule has 2 aliphatic rings. The molecular formula is C19H22F3N5O3S. The van der Waals surface area contributed by atoms with Gasteiger partial charge in [-0.3, -0.25) is 9.36 Å². The molecular weight excluding hydrogens is 435 g/mol. The van der Waals surface area contributed by atoms with E-state index in [4.69, 9.17) is 10.5 Å². The fraction of sp³-hybridized carbons (Fsp3) is 0.526. The monoisotopic (exact) mass is 457 g/mol. The molecule has 0 atom stereocenters. The van der Waals surface area contributed by atoms with Crippen LogP contribution in [0.15, 0.2) is 32.9 Å². The molecule has 4 rings (SSSR count). The lowest BCUT2D eigenvalue weighted by Gasteiger charge is -2.39. The molecule has 4 heterocycles. The molecule has 0 radical (unpaired) electrons. The van der Waals surface area contributed by atoms with Crippen molar-refractivity contribution in [3.63, 3.8) is 0 Å². The average Bonchev–Trinajstić information content (AvgIpc) is 3.17. The molecule has 2 fully saturated rings. The minimum Gasteiger partial charge on any atom is -0.387 e. The number of ether oxygens (including phenoxy) is 2. The zero-order valence-electron chi connectivity index (χ0n) is 16.8. The third kappa shape index (κ3) is 4.59. The summed E-state index contributed by atoms with van der Waals surface area (Å²) in [5.74, 6) is -0.251. The summed E-state index contributed by atoms with van der Waals surface area (Å²) in [7, 11) is 1.58.